The van der Waals surface area contributed by atoms with Crippen molar-refractivity contribution in [2.75, 3.05) is 13.7 Å². The number of pyridine rings is 1. The number of para-hydroxylation sites is 1. The Morgan fingerprint density at radius 3 is 2.79 bits per heavy atom. The molecule has 2 aliphatic rings. The SMILES string of the molecule is CC[C@@H]1c2nc3ccc(-c4cnc5c(c4)CC[C@@]5(N)CO)cc3n2-c2c(OC(F)F)cccc2C(=O)N1C. The fraction of sp³-hybridized carbons (Fsp3) is 0.321. The van der Waals surface area contributed by atoms with Crippen molar-refractivity contribution in [2.24, 2.45) is 5.73 Å². The summed E-state index contributed by atoms with van der Waals surface area (Å²) in [6.45, 7) is -1.27. The summed E-state index contributed by atoms with van der Waals surface area (Å²) in [5, 5.41) is 9.77. The highest BCUT2D eigenvalue weighted by Crippen LogP contribution is 2.41. The van der Waals surface area contributed by atoms with Gasteiger partial charge in [0.2, 0.25) is 0 Å². The second kappa shape index (κ2) is 8.85. The van der Waals surface area contributed by atoms with Gasteiger partial charge in [0.05, 0.1) is 40.5 Å². The van der Waals surface area contributed by atoms with Crippen LogP contribution < -0.4 is 10.5 Å². The molecular weight excluding hydrogens is 492 g/mol. The molecule has 6 rings (SSSR count). The zero-order valence-electron chi connectivity index (χ0n) is 21.0. The highest BCUT2D eigenvalue weighted by Gasteiger charge is 2.37. The number of aliphatic hydroxyl groups excluding tert-OH is 1. The molecule has 0 fully saturated rings. The van der Waals surface area contributed by atoms with Crippen LogP contribution >= 0.6 is 0 Å². The predicted octanol–water partition coefficient (Wildman–Crippen LogP) is 4.32. The molecular formula is C28H27F2N5O3. The third kappa shape index (κ3) is 3.58. The first-order valence-electron chi connectivity index (χ1n) is 12.5. The Bertz CT molecular complexity index is 1590. The van der Waals surface area contributed by atoms with Crippen LogP contribution in [-0.4, -0.2) is 50.7 Å². The molecule has 0 saturated carbocycles. The van der Waals surface area contributed by atoms with Gasteiger partial charge in [-0.15, -0.1) is 0 Å². The number of carbonyl (C=O) groups excluding carboxylic acids is 1. The van der Waals surface area contributed by atoms with Crippen LogP contribution in [0.1, 0.15) is 53.2 Å². The van der Waals surface area contributed by atoms with E-state index in [1.807, 2.05) is 31.2 Å². The maximum absolute atomic E-state index is 13.4. The number of hydrogen-bond acceptors (Lipinski definition) is 6. The summed E-state index contributed by atoms with van der Waals surface area (Å²) >= 11 is 0. The molecule has 2 atom stereocenters. The Labute approximate surface area is 217 Å². The summed E-state index contributed by atoms with van der Waals surface area (Å²) in [5.41, 5.74) is 10.7. The molecule has 196 valence electrons. The minimum Gasteiger partial charge on any atom is -0.433 e. The fourth-order valence-corrected chi connectivity index (χ4v) is 5.75. The number of amides is 1. The Morgan fingerprint density at radius 2 is 2.05 bits per heavy atom. The molecule has 1 aliphatic heterocycles. The number of aryl methyl sites for hydroxylation is 1. The molecule has 0 saturated heterocycles. The first-order valence-corrected chi connectivity index (χ1v) is 12.5. The summed E-state index contributed by atoms with van der Waals surface area (Å²) < 4.78 is 33.5. The number of rotatable bonds is 5. The van der Waals surface area contributed by atoms with E-state index in [1.54, 1.807) is 34.8 Å². The quantitative estimate of drug-likeness (QED) is 0.407. The van der Waals surface area contributed by atoms with Crippen LogP contribution in [-0.2, 0) is 12.0 Å². The molecule has 3 heterocycles. The van der Waals surface area contributed by atoms with Gasteiger partial charge >= 0.3 is 6.61 Å². The van der Waals surface area contributed by atoms with Crippen molar-refractivity contribution in [2.45, 2.75) is 44.4 Å². The normalized spacial score (nSPS) is 20.4. The molecule has 0 radical (unpaired) electrons. The van der Waals surface area contributed by atoms with Crippen LogP contribution in [0, 0.1) is 0 Å². The number of aliphatic hydroxyl groups is 1. The lowest BCUT2D eigenvalue weighted by Gasteiger charge is -2.24. The molecule has 8 nitrogen and oxygen atoms in total. The van der Waals surface area contributed by atoms with Crippen molar-refractivity contribution in [1.82, 2.24) is 19.4 Å². The van der Waals surface area contributed by atoms with Crippen LogP contribution in [0.3, 0.4) is 0 Å². The number of halogens is 2. The second-order valence-corrected chi connectivity index (χ2v) is 9.93. The lowest BCUT2D eigenvalue weighted by molar-refractivity contribution is -0.0498. The molecule has 1 amide bonds. The summed E-state index contributed by atoms with van der Waals surface area (Å²) in [5.74, 6) is 0.185. The Balaban J connectivity index is 1.59. The average Bonchev–Trinajstić information content (AvgIpc) is 3.43. The van der Waals surface area contributed by atoms with Gasteiger partial charge < -0.3 is 20.5 Å². The molecule has 38 heavy (non-hydrogen) atoms. The van der Waals surface area contributed by atoms with E-state index in [4.69, 9.17) is 15.5 Å². The van der Waals surface area contributed by atoms with E-state index >= 15 is 0 Å². The first-order chi connectivity index (χ1) is 18.3. The molecule has 2 aromatic carbocycles. The monoisotopic (exact) mass is 519 g/mol. The van der Waals surface area contributed by atoms with Crippen LogP contribution in [0.2, 0.25) is 0 Å². The third-order valence-corrected chi connectivity index (χ3v) is 7.72. The summed E-state index contributed by atoms with van der Waals surface area (Å²) in [6, 6.07) is 12.0. The van der Waals surface area contributed by atoms with Gasteiger partial charge in [-0.3, -0.25) is 14.3 Å². The maximum Gasteiger partial charge on any atom is 0.387 e. The molecule has 10 heteroatoms. The number of fused-ring (bicyclic) bond motifs is 6. The number of nitrogens with two attached hydrogens (primary N) is 1. The summed E-state index contributed by atoms with van der Waals surface area (Å²) in [4.78, 5) is 24.5. The number of benzene rings is 2. The Hall–Kier alpha value is -3.89. The first kappa shape index (κ1) is 24.4. The van der Waals surface area contributed by atoms with Crippen LogP contribution in [0.4, 0.5) is 8.78 Å². The largest absolute Gasteiger partial charge is 0.433 e. The van der Waals surface area contributed by atoms with E-state index in [-0.39, 0.29) is 35.6 Å². The standard InChI is InChI=1S/C28H27F2N5O3/c1-3-20-25-33-19-8-7-15(17-11-16-9-10-28(31,14-36)24(16)32-13-17)12-21(19)35(25)23-18(26(37)34(20)2)5-4-6-22(23)38-27(29)30/h4-8,11-13,20,27,36H,3,9-10,14,31H2,1-2H3/t20-,28-/m1/s1. The van der Waals surface area contributed by atoms with E-state index in [9.17, 15) is 18.7 Å². The lowest BCUT2D eigenvalue weighted by atomic mass is 9.98. The van der Waals surface area contributed by atoms with Crippen molar-refractivity contribution in [1.29, 1.82) is 0 Å². The van der Waals surface area contributed by atoms with E-state index in [0.717, 1.165) is 16.7 Å². The van der Waals surface area contributed by atoms with Gasteiger partial charge in [-0.2, -0.15) is 8.78 Å². The molecule has 3 N–H and O–H groups in total. The van der Waals surface area contributed by atoms with Gasteiger partial charge in [-0.25, -0.2) is 4.98 Å². The summed E-state index contributed by atoms with van der Waals surface area (Å²) in [6.07, 6.45) is 3.64. The number of hydrogen-bond donors (Lipinski definition) is 2. The Morgan fingerprint density at radius 1 is 1.24 bits per heavy atom. The van der Waals surface area contributed by atoms with E-state index in [1.165, 1.54) is 6.07 Å². The Kier molecular flexibility index (Phi) is 5.69. The smallest absolute Gasteiger partial charge is 0.387 e. The molecule has 2 aromatic heterocycles. The van der Waals surface area contributed by atoms with E-state index < -0.39 is 12.2 Å². The topological polar surface area (TPSA) is 107 Å². The number of aromatic nitrogens is 3. The van der Waals surface area contributed by atoms with Crippen molar-refractivity contribution in [3.63, 3.8) is 0 Å². The van der Waals surface area contributed by atoms with Gasteiger partial charge in [0.25, 0.3) is 5.91 Å². The van der Waals surface area contributed by atoms with Crippen molar-refractivity contribution >= 4 is 16.9 Å². The van der Waals surface area contributed by atoms with Gasteiger partial charge in [0.15, 0.2) is 5.75 Å². The van der Waals surface area contributed by atoms with Crippen molar-refractivity contribution in [3.05, 3.63) is 71.3 Å². The van der Waals surface area contributed by atoms with Crippen LogP contribution in [0.15, 0.2) is 48.7 Å². The highest BCUT2D eigenvalue weighted by atomic mass is 19.3. The lowest BCUT2D eigenvalue weighted by Crippen LogP contribution is -2.38. The fourth-order valence-electron chi connectivity index (χ4n) is 5.75. The maximum atomic E-state index is 13.4. The number of carbonyl (C=O) groups is 1. The van der Waals surface area contributed by atoms with Crippen molar-refractivity contribution in [3.8, 4) is 22.6 Å². The molecule has 0 spiro atoms. The van der Waals surface area contributed by atoms with Gasteiger partial charge in [-0.1, -0.05) is 19.1 Å². The van der Waals surface area contributed by atoms with E-state index in [0.29, 0.717) is 41.8 Å². The van der Waals surface area contributed by atoms with Gasteiger partial charge in [0.1, 0.15) is 11.5 Å². The number of imidazole rings is 1. The molecule has 1 aliphatic carbocycles. The van der Waals surface area contributed by atoms with Crippen LogP contribution in [0.5, 0.6) is 5.75 Å². The molecule has 4 aromatic rings. The van der Waals surface area contributed by atoms with Gasteiger partial charge in [-0.05, 0) is 60.7 Å². The van der Waals surface area contributed by atoms with E-state index in [2.05, 4.69) is 4.98 Å². The van der Waals surface area contributed by atoms with Gasteiger partial charge in [0, 0.05) is 18.8 Å². The number of alkyl halides is 2. The number of ether oxygens (including phenoxy) is 1. The van der Waals surface area contributed by atoms with Crippen LogP contribution in [0.25, 0.3) is 27.8 Å². The molecule has 0 unspecified atom stereocenters. The predicted molar refractivity (Wildman–Crippen MR) is 137 cm³/mol. The highest BCUT2D eigenvalue weighted by molar-refractivity contribution is 6.01. The average molecular weight is 520 g/mol. The molecule has 0 bridgehead atoms. The third-order valence-electron chi connectivity index (χ3n) is 7.72. The summed E-state index contributed by atoms with van der Waals surface area (Å²) in [7, 11) is 1.70. The minimum absolute atomic E-state index is 0.0931. The van der Waals surface area contributed by atoms with Crippen molar-refractivity contribution < 1.29 is 23.4 Å². The second-order valence-electron chi connectivity index (χ2n) is 9.93. The minimum atomic E-state index is -3.06. The number of nitrogens with zero attached hydrogens (tertiary/aromatic N) is 4. The zero-order valence-corrected chi connectivity index (χ0v) is 21.0. The zero-order chi connectivity index (χ0) is 26.8.